The molecule has 1 aliphatic heterocycles. The van der Waals surface area contributed by atoms with Gasteiger partial charge in [-0.15, -0.1) is 0 Å². The van der Waals surface area contributed by atoms with E-state index >= 15 is 0 Å². The van der Waals surface area contributed by atoms with Gasteiger partial charge in [0.15, 0.2) is 0 Å². The standard InChI is InChI=1S/C23H29ClN2O4/c1-2-16-6-3-7-17(14-16)21-18(8-4-9-19(21)24)23(29,10-5-11-25)20-15-26(22(27)28)12-13-30-20/h3-4,6-9,14,20,29H,2,5,10-13,15,25H2,1H3,(H,27,28)/t20?,23-/m1/s1. The second-order valence-corrected chi connectivity index (χ2v) is 8.03. The van der Waals surface area contributed by atoms with E-state index in [1.165, 1.54) is 4.90 Å². The van der Waals surface area contributed by atoms with Crippen molar-refractivity contribution in [3.8, 4) is 11.1 Å². The molecule has 3 rings (SSSR count). The highest BCUT2D eigenvalue weighted by Crippen LogP contribution is 2.42. The fourth-order valence-electron chi connectivity index (χ4n) is 4.08. The zero-order valence-corrected chi connectivity index (χ0v) is 17.9. The van der Waals surface area contributed by atoms with Crippen LogP contribution in [-0.4, -0.2) is 53.6 Å². The maximum atomic E-state index is 12.0. The molecule has 1 saturated heterocycles. The van der Waals surface area contributed by atoms with Crippen LogP contribution in [0.25, 0.3) is 11.1 Å². The van der Waals surface area contributed by atoms with Gasteiger partial charge in [0.1, 0.15) is 11.7 Å². The number of hydrogen-bond acceptors (Lipinski definition) is 4. The molecule has 1 aliphatic rings. The number of carbonyl (C=O) groups is 1. The summed E-state index contributed by atoms with van der Waals surface area (Å²) in [6.07, 6.45) is 0.0314. The summed E-state index contributed by atoms with van der Waals surface area (Å²) in [6, 6.07) is 13.5. The summed E-state index contributed by atoms with van der Waals surface area (Å²) in [4.78, 5) is 12.8. The summed E-state index contributed by atoms with van der Waals surface area (Å²) in [5.74, 6) is 0. The van der Waals surface area contributed by atoms with Gasteiger partial charge < -0.3 is 25.6 Å². The first kappa shape index (κ1) is 22.6. The van der Waals surface area contributed by atoms with Crippen LogP contribution in [-0.2, 0) is 16.8 Å². The van der Waals surface area contributed by atoms with E-state index in [0.29, 0.717) is 30.0 Å². The second-order valence-electron chi connectivity index (χ2n) is 7.62. The van der Waals surface area contributed by atoms with Crippen LogP contribution >= 0.6 is 11.6 Å². The molecule has 0 saturated carbocycles. The minimum Gasteiger partial charge on any atom is -0.465 e. The summed E-state index contributed by atoms with van der Waals surface area (Å²) >= 11 is 6.64. The van der Waals surface area contributed by atoms with Crippen molar-refractivity contribution >= 4 is 17.7 Å². The van der Waals surface area contributed by atoms with E-state index in [9.17, 15) is 15.0 Å². The van der Waals surface area contributed by atoms with Gasteiger partial charge >= 0.3 is 6.09 Å². The van der Waals surface area contributed by atoms with E-state index in [0.717, 1.165) is 23.1 Å². The van der Waals surface area contributed by atoms with Crippen molar-refractivity contribution in [2.24, 2.45) is 5.73 Å². The van der Waals surface area contributed by atoms with Gasteiger partial charge in [0, 0.05) is 17.1 Å². The maximum Gasteiger partial charge on any atom is 0.407 e. The highest BCUT2D eigenvalue weighted by Gasteiger charge is 2.44. The Labute approximate surface area is 182 Å². The van der Waals surface area contributed by atoms with Gasteiger partial charge in [-0.3, -0.25) is 0 Å². The lowest BCUT2D eigenvalue weighted by atomic mass is 9.79. The lowest BCUT2D eigenvalue weighted by molar-refractivity contribution is -0.147. The second kappa shape index (κ2) is 9.79. The molecule has 2 atom stereocenters. The first-order chi connectivity index (χ1) is 14.4. The Morgan fingerprint density at radius 2 is 2.10 bits per heavy atom. The first-order valence-corrected chi connectivity index (χ1v) is 10.7. The van der Waals surface area contributed by atoms with Gasteiger partial charge in [-0.1, -0.05) is 54.9 Å². The number of rotatable bonds is 7. The fraction of sp³-hybridized carbons (Fsp3) is 0.435. The summed E-state index contributed by atoms with van der Waals surface area (Å²) in [5, 5.41) is 21.9. The summed E-state index contributed by atoms with van der Waals surface area (Å²) in [5.41, 5.74) is 7.76. The first-order valence-electron chi connectivity index (χ1n) is 10.3. The largest absolute Gasteiger partial charge is 0.465 e. The monoisotopic (exact) mass is 432 g/mol. The molecule has 0 spiro atoms. The normalized spacial score (nSPS) is 18.8. The van der Waals surface area contributed by atoms with Gasteiger partial charge in [-0.25, -0.2) is 4.79 Å². The van der Waals surface area contributed by atoms with E-state index in [1.54, 1.807) is 12.1 Å². The molecule has 1 amide bonds. The number of benzene rings is 2. The van der Waals surface area contributed by atoms with Crippen LogP contribution in [0.4, 0.5) is 4.79 Å². The van der Waals surface area contributed by atoms with Crippen LogP contribution in [0.1, 0.15) is 30.9 Å². The van der Waals surface area contributed by atoms with Crippen LogP contribution in [0.2, 0.25) is 5.02 Å². The van der Waals surface area contributed by atoms with Gasteiger partial charge in [0.05, 0.1) is 13.2 Å². The van der Waals surface area contributed by atoms with E-state index < -0.39 is 17.8 Å². The van der Waals surface area contributed by atoms with Crippen molar-refractivity contribution < 1.29 is 19.7 Å². The number of amides is 1. The number of aliphatic hydroxyl groups is 1. The van der Waals surface area contributed by atoms with Crippen LogP contribution in [0.5, 0.6) is 0 Å². The Morgan fingerprint density at radius 3 is 2.80 bits per heavy atom. The van der Waals surface area contributed by atoms with Crippen molar-refractivity contribution in [3.05, 3.63) is 58.6 Å². The molecule has 162 valence electrons. The van der Waals surface area contributed by atoms with Crippen LogP contribution in [0, 0.1) is 0 Å². The number of morpholine rings is 1. The molecule has 30 heavy (non-hydrogen) atoms. The molecule has 0 bridgehead atoms. The van der Waals surface area contributed by atoms with Gasteiger partial charge in [0.2, 0.25) is 0 Å². The Hall–Kier alpha value is -2.12. The topological polar surface area (TPSA) is 96.0 Å². The molecule has 4 N–H and O–H groups in total. The fourth-order valence-corrected chi connectivity index (χ4v) is 4.36. The molecule has 2 aromatic rings. The number of carboxylic acid groups (broad SMARTS) is 1. The zero-order chi connectivity index (χ0) is 21.7. The predicted molar refractivity (Wildman–Crippen MR) is 118 cm³/mol. The third-order valence-corrected chi connectivity index (χ3v) is 6.05. The number of ether oxygens (including phenoxy) is 1. The van der Waals surface area contributed by atoms with Crippen LogP contribution in [0.3, 0.4) is 0 Å². The summed E-state index contributed by atoms with van der Waals surface area (Å²) < 4.78 is 5.91. The average molecular weight is 433 g/mol. The van der Waals surface area contributed by atoms with Gasteiger partial charge in [-0.05, 0) is 48.6 Å². The Kier molecular flexibility index (Phi) is 7.36. The van der Waals surface area contributed by atoms with Crippen molar-refractivity contribution in [2.75, 3.05) is 26.2 Å². The van der Waals surface area contributed by atoms with Gasteiger partial charge in [-0.2, -0.15) is 0 Å². The smallest absolute Gasteiger partial charge is 0.407 e. The third-order valence-electron chi connectivity index (χ3n) is 5.74. The number of hydrogen-bond donors (Lipinski definition) is 3. The van der Waals surface area contributed by atoms with Crippen molar-refractivity contribution in [3.63, 3.8) is 0 Å². The molecule has 0 radical (unpaired) electrons. The molecule has 2 aromatic carbocycles. The number of aryl methyl sites for hydroxylation is 1. The zero-order valence-electron chi connectivity index (χ0n) is 17.2. The molecule has 1 fully saturated rings. The molecule has 1 unspecified atom stereocenters. The minimum atomic E-state index is -1.43. The number of nitrogens with two attached hydrogens (primary N) is 1. The molecule has 0 aliphatic carbocycles. The number of halogens is 1. The highest BCUT2D eigenvalue weighted by molar-refractivity contribution is 6.33. The van der Waals surface area contributed by atoms with E-state index in [-0.39, 0.29) is 19.7 Å². The Balaban J connectivity index is 2.12. The highest BCUT2D eigenvalue weighted by atomic mass is 35.5. The van der Waals surface area contributed by atoms with Crippen molar-refractivity contribution in [2.45, 2.75) is 37.9 Å². The SMILES string of the molecule is CCc1cccc(-c2c(Cl)cccc2[C@](O)(CCCN)C2CN(C(=O)O)CCO2)c1. The van der Waals surface area contributed by atoms with E-state index in [2.05, 4.69) is 19.1 Å². The van der Waals surface area contributed by atoms with Crippen LogP contribution < -0.4 is 5.73 Å². The molecule has 6 nitrogen and oxygen atoms in total. The van der Waals surface area contributed by atoms with Gasteiger partial charge in [0.25, 0.3) is 0 Å². The molecule has 0 aromatic heterocycles. The van der Waals surface area contributed by atoms with Crippen molar-refractivity contribution in [1.82, 2.24) is 4.90 Å². The molecular weight excluding hydrogens is 404 g/mol. The summed E-state index contributed by atoms with van der Waals surface area (Å²) in [7, 11) is 0. The summed E-state index contributed by atoms with van der Waals surface area (Å²) in [6.45, 7) is 3.07. The van der Waals surface area contributed by atoms with Crippen molar-refractivity contribution in [1.29, 1.82) is 0 Å². The lowest BCUT2D eigenvalue weighted by Crippen LogP contribution is -2.54. The third kappa shape index (κ3) is 4.62. The lowest BCUT2D eigenvalue weighted by Gasteiger charge is -2.42. The Morgan fingerprint density at radius 1 is 1.33 bits per heavy atom. The Bertz CT molecular complexity index is 891. The molecule has 7 heteroatoms. The molecule has 1 heterocycles. The minimum absolute atomic E-state index is 0.0807. The average Bonchev–Trinajstić information content (AvgIpc) is 2.77. The number of nitrogens with zero attached hydrogens (tertiary/aromatic N) is 1. The molecular formula is C23H29ClN2O4. The maximum absolute atomic E-state index is 12.0. The quantitative estimate of drug-likeness (QED) is 0.617. The van der Waals surface area contributed by atoms with Crippen LogP contribution in [0.15, 0.2) is 42.5 Å². The van der Waals surface area contributed by atoms with E-state index in [1.807, 2.05) is 18.2 Å². The van der Waals surface area contributed by atoms with E-state index in [4.69, 9.17) is 22.1 Å². The predicted octanol–water partition coefficient (Wildman–Crippen LogP) is 3.87.